The number of carboxylic acid groups (broad SMARTS) is 1. The number of hydrogen-bond donors (Lipinski definition) is 2. The molecule has 1 fully saturated rings. The van der Waals surface area contributed by atoms with Gasteiger partial charge in [0.1, 0.15) is 5.75 Å². The maximum Gasteiger partial charge on any atom is 0.306 e. The number of carbonyl (C=O) groups is 2. The van der Waals surface area contributed by atoms with Crippen LogP contribution in [-0.2, 0) is 9.59 Å². The molecular weight excluding hydrogens is 258 g/mol. The summed E-state index contributed by atoms with van der Waals surface area (Å²) in [7, 11) is 1.68. The van der Waals surface area contributed by atoms with E-state index < -0.39 is 5.97 Å². The Balaban J connectivity index is 2.00. The number of carbonyl (C=O) groups excluding carboxylic acids is 1. The zero-order chi connectivity index (χ0) is 14.7. The van der Waals surface area contributed by atoms with Crippen molar-refractivity contribution in [3.05, 3.63) is 24.3 Å². The molecule has 0 aliphatic heterocycles. The molecule has 5 heteroatoms. The number of anilines is 1. The summed E-state index contributed by atoms with van der Waals surface area (Å²) in [5.74, 6) is -1.10. The zero-order valence-electron chi connectivity index (χ0n) is 11.5. The summed E-state index contributed by atoms with van der Waals surface area (Å²) >= 11 is 0. The summed E-state index contributed by atoms with van der Waals surface area (Å²) in [5, 5.41) is 18.4. The summed E-state index contributed by atoms with van der Waals surface area (Å²) in [6.45, 7) is 0. The summed E-state index contributed by atoms with van der Waals surface area (Å²) in [6, 6.07) is 6.55. The predicted molar refractivity (Wildman–Crippen MR) is 74.6 cm³/mol. The van der Waals surface area contributed by atoms with E-state index in [-0.39, 0.29) is 23.5 Å². The molecule has 1 aliphatic carbocycles. The smallest absolute Gasteiger partial charge is 0.306 e. The molecule has 2 rings (SSSR count). The molecule has 20 heavy (non-hydrogen) atoms. The molecule has 0 heterocycles. The quantitative estimate of drug-likeness (QED) is 0.888. The summed E-state index contributed by atoms with van der Waals surface area (Å²) in [6.07, 6.45) is 2.33. The van der Waals surface area contributed by atoms with Crippen LogP contribution in [0, 0.1) is 11.8 Å². The van der Waals surface area contributed by atoms with Crippen molar-refractivity contribution < 1.29 is 19.8 Å². The Kier molecular flexibility index (Phi) is 4.27. The molecule has 0 radical (unpaired) electrons. The third-order valence-corrected chi connectivity index (χ3v) is 3.97. The number of rotatable bonds is 3. The average Bonchev–Trinajstić information content (AvgIpc) is 2.46. The number of aliphatic carboxylic acids is 1. The van der Waals surface area contributed by atoms with Gasteiger partial charge in [-0.25, -0.2) is 0 Å². The van der Waals surface area contributed by atoms with Gasteiger partial charge in [-0.05, 0) is 37.8 Å². The van der Waals surface area contributed by atoms with E-state index in [9.17, 15) is 14.7 Å². The van der Waals surface area contributed by atoms with E-state index in [0.29, 0.717) is 31.4 Å². The van der Waals surface area contributed by atoms with Crippen molar-refractivity contribution in [2.75, 3.05) is 11.9 Å². The van der Waals surface area contributed by atoms with Crippen LogP contribution in [-0.4, -0.2) is 29.1 Å². The molecule has 5 nitrogen and oxygen atoms in total. The van der Waals surface area contributed by atoms with Gasteiger partial charge in [0.2, 0.25) is 5.91 Å². The monoisotopic (exact) mass is 277 g/mol. The first-order valence-corrected chi connectivity index (χ1v) is 6.78. The largest absolute Gasteiger partial charge is 0.508 e. The van der Waals surface area contributed by atoms with Crippen molar-refractivity contribution in [1.29, 1.82) is 0 Å². The van der Waals surface area contributed by atoms with Crippen LogP contribution in [0.3, 0.4) is 0 Å². The van der Waals surface area contributed by atoms with E-state index in [1.54, 1.807) is 31.3 Å². The van der Waals surface area contributed by atoms with Gasteiger partial charge < -0.3 is 15.1 Å². The van der Waals surface area contributed by atoms with Crippen molar-refractivity contribution in [3.8, 4) is 5.75 Å². The van der Waals surface area contributed by atoms with Gasteiger partial charge in [0.25, 0.3) is 0 Å². The van der Waals surface area contributed by atoms with Crippen LogP contribution in [0.5, 0.6) is 5.75 Å². The summed E-state index contributed by atoms with van der Waals surface area (Å²) in [4.78, 5) is 24.8. The molecule has 0 spiro atoms. The van der Waals surface area contributed by atoms with E-state index in [1.807, 2.05) is 0 Å². The predicted octanol–water partition coefficient (Wildman–Crippen LogP) is 2.25. The van der Waals surface area contributed by atoms with Crippen molar-refractivity contribution in [2.45, 2.75) is 25.7 Å². The lowest BCUT2D eigenvalue weighted by Crippen LogP contribution is -2.35. The van der Waals surface area contributed by atoms with Crippen LogP contribution in [0.4, 0.5) is 5.69 Å². The highest BCUT2D eigenvalue weighted by atomic mass is 16.4. The van der Waals surface area contributed by atoms with Crippen LogP contribution < -0.4 is 4.90 Å². The van der Waals surface area contributed by atoms with Gasteiger partial charge in [0.05, 0.1) is 5.92 Å². The van der Waals surface area contributed by atoms with E-state index in [1.165, 1.54) is 4.90 Å². The van der Waals surface area contributed by atoms with Gasteiger partial charge in [-0.3, -0.25) is 9.59 Å². The first-order chi connectivity index (χ1) is 9.49. The first kappa shape index (κ1) is 14.4. The Bertz CT molecular complexity index is 506. The molecule has 0 saturated heterocycles. The highest BCUT2D eigenvalue weighted by Gasteiger charge is 2.31. The topological polar surface area (TPSA) is 77.8 Å². The number of phenols is 1. The molecule has 108 valence electrons. The second-order valence-electron chi connectivity index (χ2n) is 5.30. The fraction of sp³-hybridized carbons (Fsp3) is 0.467. The maximum atomic E-state index is 12.4. The van der Waals surface area contributed by atoms with Crippen LogP contribution >= 0.6 is 0 Å². The van der Waals surface area contributed by atoms with Gasteiger partial charge in [-0.15, -0.1) is 0 Å². The second-order valence-corrected chi connectivity index (χ2v) is 5.30. The highest BCUT2D eigenvalue weighted by molar-refractivity contribution is 5.94. The van der Waals surface area contributed by atoms with Gasteiger partial charge in [0, 0.05) is 24.7 Å². The number of hydrogen-bond acceptors (Lipinski definition) is 3. The highest BCUT2D eigenvalue weighted by Crippen LogP contribution is 2.31. The molecule has 1 aliphatic rings. The van der Waals surface area contributed by atoms with Gasteiger partial charge >= 0.3 is 5.97 Å². The van der Waals surface area contributed by atoms with Gasteiger partial charge in [-0.1, -0.05) is 6.07 Å². The van der Waals surface area contributed by atoms with Crippen molar-refractivity contribution in [2.24, 2.45) is 11.8 Å². The van der Waals surface area contributed by atoms with Gasteiger partial charge in [-0.2, -0.15) is 0 Å². The fourth-order valence-electron chi connectivity index (χ4n) is 2.69. The minimum absolute atomic E-state index is 0.0144. The van der Waals surface area contributed by atoms with E-state index in [4.69, 9.17) is 5.11 Å². The zero-order valence-corrected chi connectivity index (χ0v) is 11.5. The molecular formula is C15H19NO4. The Hall–Kier alpha value is -2.04. The molecule has 1 aromatic rings. The van der Waals surface area contributed by atoms with Crippen LogP contribution in [0.1, 0.15) is 25.7 Å². The lowest BCUT2D eigenvalue weighted by atomic mass is 9.81. The second kappa shape index (κ2) is 5.94. The summed E-state index contributed by atoms with van der Waals surface area (Å²) in [5.41, 5.74) is 0.648. The van der Waals surface area contributed by atoms with Crippen molar-refractivity contribution in [3.63, 3.8) is 0 Å². The van der Waals surface area contributed by atoms with Crippen molar-refractivity contribution in [1.82, 2.24) is 0 Å². The standard InChI is InChI=1S/C15H19NO4/c1-16(12-3-2-4-13(17)9-12)14(18)10-5-7-11(8-6-10)15(19)20/h2-4,9-11,17H,5-8H2,1H3,(H,19,20). The Morgan fingerprint density at radius 2 is 1.75 bits per heavy atom. The van der Waals surface area contributed by atoms with Crippen LogP contribution in [0.2, 0.25) is 0 Å². The first-order valence-electron chi connectivity index (χ1n) is 6.78. The number of aromatic hydroxyl groups is 1. The molecule has 1 amide bonds. The molecule has 0 atom stereocenters. The SMILES string of the molecule is CN(C(=O)C1CCC(C(=O)O)CC1)c1cccc(O)c1. The lowest BCUT2D eigenvalue weighted by Gasteiger charge is -2.29. The minimum Gasteiger partial charge on any atom is -0.508 e. The van der Waals surface area contributed by atoms with E-state index in [0.717, 1.165) is 0 Å². The third kappa shape index (κ3) is 3.10. The number of benzene rings is 1. The van der Waals surface area contributed by atoms with E-state index >= 15 is 0 Å². The van der Waals surface area contributed by atoms with Gasteiger partial charge in [0.15, 0.2) is 0 Å². The number of nitrogens with zero attached hydrogens (tertiary/aromatic N) is 1. The van der Waals surface area contributed by atoms with Crippen molar-refractivity contribution >= 4 is 17.6 Å². The Labute approximate surface area is 117 Å². The summed E-state index contributed by atoms with van der Waals surface area (Å²) < 4.78 is 0. The Morgan fingerprint density at radius 1 is 1.15 bits per heavy atom. The molecule has 0 unspecified atom stereocenters. The fourth-order valence-corrected chi connectivity index (χ4v) is 2.69. The van der Waals surface area contributed by atoms with E-state index in [2.05, 4.69) is 0 Å². The maximum absolute atomic E-state index is 12.4. The molecule has 1 aromatic carbocycles. The molecule has 2 N–H and O–H groups in total. The molecule has 0 bridgehead atoms. The Morgan fingerprint density at radius 3 is 2.30 bits per heavy atom. The van der Waals surface area contributed by atoms with Crippen LogP contribution in [0.15, 0.2) is 24.3 Å². The lowest BCUT2D eigenvalue weighted by molar-refractivity contribution is -0.143. The molecule has 1 saturated carbocycles. The normalized spacial score (nSPS) is 22.2. The number of amides is 1. The number of carboxylic acids is 1. The average molecular weight is 277 g/mol. The third-order valence-electron chi connectivity index (χ3n) is 3.97. The minimum atomic E-state index is -0.766. The van der Waals surface area contributed by atoms with Crippen LogP contribution in [0.25, 0.3) is 0 Å². The molecule has 0 aromatic heterocycles. The number of phenolic OH excluding ortho intramolecular Hbond substituents is 1.